The molecule has 174 valence electrons. The van der Waals surface area contributed by atoms with Crippen LogP contribution < -0.4 is 0 Å². The van der Waals surface area contributed by atoms with Crippen LogP contribution in [-0.4, -0.2) is 74.4 Å². The summed E-state index contributed by atoms with van der Waals surface area (Å²) in [5.74, 6) is 2.73. The van der Waals surface area contributed by atoms with Crippen molar-refractivity contribution in [2.75, 3.05) is 39.3 Å². The van der Waals surface area contributed by atoms with E-state index in [1.54, 1.807) is 4.68 Å². The summed E-state index contributed by atoms with van der Waals surface area (Å²) in [6.45, 7) is 6.55. The minimum atomic E-state index is -0.906. The van der Waals surface area contributed by atoms with Crippen LogP contribution in [0.5, 0.6) is 0 Å². The normalized spacial score (nSPS) is 27.7. The average Bonchev–Trinajstić information content (AvgIpc) is 3.43. The molecule has 2 saturated heterocycles. The van der Waals surface area contributed by atoms with Gasteiger partial charge in [-0.25, -0.2) is 4.68 Å². The van der Waals surface area contributed by atoms with E-state index in [9.17, 15) is 5.11 Å². The fourth-order valence-corrected chi connectivity index (χ4v) is 6.39. The van der Waals surface area contributed by atoms with E-state index < -0.39 is 5.60 Å². The molecule has 7 heteroatoms. The molecule has 32 heavy (non-hydrogen) atoms. The number of aryl methyl sites for hydroxylation is 1. The lowest BCUT2D eigenvalue weighted by molar-refractivity contribution is -0.0384. The molecule has 7 nitrogen and oxygen atoms in total. The summed E-state index contributed by atoms with van der Waals surface area (Å²) in [5.41, 5.74) is 0.582. The maximum absolute atomic E-state index is 11.1. The summed E-state index contributed by atoms with van der Waals surface area (Å²) >= 11 is 0. The number of benzene rings is 1. The highest BCUT2D eigenvalue weighted by Gasteiger charge is 2.41. The minimum Gasteiger partial charge on any atom is -0.382 e. The Balaban J connectivity index is 1.23. The van der Waals surface area contributed by atoms with Crippen molar-refractivity contribution in [2.24, 2.45) is 18.9 Å². The van der Waals surface area contributed by atoms with Crippen molar-refractivity contribution in [1.82, 2.24) is 30.0 Å². The number of hydrogen-bond donors (Lipinski definition) is 1. The summed E-state index contributed by atoms with van der Waals surface area (Å²) < 4.78 is 1.61. The molecule has 5 rings (SSSR count). The smallest absolute Gasteiger partial charge is 0.182 e. The third-order valence-corrected chi connectivity index (χ3v) is 8.20. The first-order valence-electron chi connectivity index (χ1n) is 12.6. The third kappa shape index (κ3) is 4.75. The zero-order valence-corrected chi connectivity index (χ0v) is 19.4. The van der Waals surface area contributed by atoms with Crippen LogP contribution in [0.15, 0.2) is 30.3 Å². The highest BCUT2D eigenvalue weighted by atomic mass is 16.3. The molecule has 0 bridgehead atoms. The first kappa shape index (κ1) is 22.0. The minimum absolute atomic E-state index is 0.596. The Labute approximate surface area is 191 Å². The van der Waals surface area contributed by atoms with Gasteiger partial charge in [0.05, 0.1) is 0 Å². The standard InChI is InChI=1S/C25H38N6O/c1-29-24(26-27-28-29)25(32)12-14-30(15-13-25)17-22-18-31(16-20-8-4-2-5-9-20)19-23(22)21-10-6-3-7-11-21/h3,6-7,10-11,20,22-23,32H,2,4-5,8-9,12-19H2,1H3/t22-,23+/m0/s1. The van der Waals surface area contributed by atoms with Gasteiger partial charge in [0.25, 0.3) is 0 Å². The van der Waals surface area contributed by atoms with Gasteiger partial charge in [-0.1, -0.05) is 49.6 Å². The van der Waals surface area contributed by atoms with Gasteiger partial charge in [-0.05, 0) is 53.5 Å². The molecule has 3 heterocycles. The number of aliphatic hydroxyl groups is 1. The molecule has 1 aliphatic carbocycles. The fraction of sp³-hybridized carbons (Fsp3) is 0.720. The number of tetrazole rings is 1. The Morgan fingerprint density at radius 1 is 0.969 bits per heavy atom. The Morgan fingerprint density at radius 2 is 1.72 bits per heavy atom. The third-order valence-electron chi connectivity index (χ3n) is 8.20. The number of hydrogen-bond acceptors (Lipinski definition) is 6. The van der Waals surface area contributed by atoms with Crippen molar-refractivity contribution in [3.05, 3.63) is 41.7 Å². The monoisotopic (exact) mass is 438 g/mol. The summed E-state index contributed by atoms with van der Waals surface area (Å²) in [4.78, 5) is 5.31. The Morgan fingerprint density at radius 3 is 2.41 bits per heavy atom. The van der Waals surface area contributed by atoms with E-state index in [1.165, 1.54) is 57.3 Å². The van der Waals surface area contributed by atoms with Gasteiger partial charge in [0, 0.05) is 52.2 Å². The highest BCUT2D eigenvalue weighted by Crippen LogP contribution is 2.37. The number of nitrogens with zero attached hydrogens (tertiary/aromatic N) is 6. The molecule has 1 aromatic heterocycles. The van der Waals surface area contributed by atoms with Gasteiger partial charge in [0.1, 0.15) is 5.60 Å². The summed E-state index contributed by atoms with van der Waals surface area (Å²) in [7, 11) is 1.81. The second kappa shape index (κ2) is 9.57. The number of piperidine rings is 1. The van der Waals surface area contributed by atoms with Crippen LogP contribution in [0, 0.1) is 11.8 Å². The summed E-state index contributed by atoms with van der Waals surface area (Å²) in [6, 6.07) is 11.1. The van der Waals surface area contributed by atoms with E-state index in [0.717, 1.165) is 25.6 Å². The first-order valence-corrected chi connectivity index (χ1v) is 12.6. The van der Waals surface area contributed by atoms with Crippen LogP contribution in [0.2, 0.25) is 0 Å². The molecule has 3 aliphatic rings. The van der Waals surface area contributed by atoms with Crippen molar-refractivity contribution in [2.45, 2.75) is 56.5 Å². The SMILES string of the molecule is Cn1nnnc1C1(O)CCN(C[C@H]2CN(CC3CCCCC3)C[C@@H]2c2ccccc2)CC1. The van der Waals surface area contributed by atoms with E-state index in [-0.39, 0.29) is 0 Å². The largest absolute Gasteiger partial charge is 0.382 e. The predicted molar refractivity (Wildman–Crippen MR) is 124 cm³/mol. The van der Waals surface area contributed by atoms with Crippen LogP contribution in [0.25, 0.3) is 0 Å². The number of likely N-dealkylation sites (tertiary alicyclic amines) is 2. The fourth-order valence-electron chi connectivity index (χ4n) is 6.39. The van der Waals surface area contributed by atoms with Crippen molar-refractivity contribution >= 4 is 0 Å². The van der Waals surface area contributed by atoms with Gasteiger partial charge in [0.2, 0.25) is 0 Å². The van der Waals surface area contributed by atoms with Gasteiger partial charge < -0.3 is 14.9 Å². The average molecular weight is 439 g/mol. The summed E-state index contributed by atoms with van der Waals surface area (Å²) in [6.07, 6.45) is 8.48. The van der Waals surface area contributed by atoms with Gasteiger partial charge in [0.15, 0.2) is 5.82 Å². The topological polar surface area (TPSA) is 70.3 Å². The lowest BCUT2D eigenvalue weighted by atomic mass is 9.86. The molecular formula is C25H38N6O. The highest BCUT2D eigenvalue weighted by molar-refractivity contribution is 5.22. The maximum Gasteiger partial charge on any atom is 0.182 e. The molecule has 2 aromatic rings. The second-order valence-corrected chi connectivity index (χ2v) is 10.5. The molecule has 0 spiro atoms. The molecule has 0 radical (unpaired) electrons. The van der Waals surface area contributed by atoms with Crippen LogP contribution in [-0.2, 0) is 12.6 Å². The van der Waals surface area contributed by atoms with Crippen LogP contribution >= 0.6 is 0 Å². The molecule has 3 fully saturated rings. The molecule has 1 saturated carbocycles. The van der Waals surface area contributed by atoms with E-state index >= 15 is 0 Å². The van der Waals surface area contributed by atoms with E-state index in [1.807, 2.05) is 7.05 Å². The molecule has 1 aromatic carbocycles. The maximum atomic E-state index is 11.1. The van der Waals surface area contributed by atoms with Crippen LogP contribution in [0.1, 0.15) is 62.3 Å². The zero-order chi connectivity index (χ0) is 22.0. The van der Waals surface area contributed by atoms with E-state index in [0.29, 0.717) is 30.5 Å². The zero-order valence-electron chi connectivity index (χ0n) is 19.4. The second-order valence-electron chi connectivity index (χ2n) is 10.5. The van der Waals surface area contributed by atoms with Crippen molar-refractivity contribution in [1.29, 1.82) is 0 Å². The lowest BCUT2D eigenvalue weighted by Gasteiger charge is -2.38. The summed E-state index contributed by atoms with van der Waals surface area (Å²) in [5, 5.41) is 22.9. The van der Waals surface area contributed by atoms with Gasteiger partial charge in [-0.15, -0.1) is 5.10 Å². The van der Waals surface area contributed by atoms with E-state index in [4.69, 9.17) is 0 Å². The van der Waals surface area contributed by atoms with Gasteiger partial charge >= 0.3 is 0 Å². The van der Waals surface area contributed by atoms with E-state index in [2.05, 4.69) is 55.7 Å². The Hall–Kier alpha value is -1.83. The van der Waals surface area contributed by atoms with Gasteiger partial charge in [-0.2, -0.15) is 0 Å². The quantitative estimate of drug-likeness (QED) is 0.748. The van der Waals surface area contributed by atoms with Crippen LogP contribution in [0.3, 0.4) is 0 Å². The Bertz CT molecular complexity index is 856. The molecule has 0 amide bonds. The van der Waals surface area contributed by atoms with Gasteiger partial charge in [-0.3, -0.25) is 0 Å². The molecule has 0 unspecified atom stereocenters. The van der Waals surface area contributed by atoms with Crippen molar-refractivity contribution in [3.63, 3.8) is 0 Å². The molecular weight excluding hydrogens is 400 g/mol. The first-order chi connectivity index (χ1) is 15.6. The van der Waals surface area contributed by atoms with Crippen molar-refractivity contribution < 1.29 is 5.11 Å². The number of rotatable bonds is 6. The Kier molecular flexibility index (Phi) is 6.58. The molecule has 1 N–H and O–H groups in total. The van der Waals surface area contributed by atoms with Crippen molar-refractivity contribution in [3.8, 4) is 0 Å². The van der Waals surface area contributed by atoms with Crippen LogP contribution in [0.4, 0.5) is 0 Å². The molecule has 2 atom stereocenters. The lowest BCUT2D eigenvalue weighted by Crippen LogP contribution is -2.46. The molecule has 2 aliphatic heterocycles. The predicted octanol–water partition coefficient (Wildman–Crippen LogP) is 2.79. The number of aromatic nitrogens is 4.